The van der Waals surface area contributed by atoms with Gasteiger partial charge in [0.1, 0.15) is 6.33 Å². The molecule has 84 valence electrons. The molecule has 0 saturated carbocycles. The van der Waals surface area contributed by atoms with Crippen LogP contribution >= 0.6 is 0 Å². The van der Waals surface area contributed by atoms with Gasteiger partial charge in [-0.2, -0.15) is 5.10 Å². The van der Waals surface area contributed by atoms with E-state index in [1.54, 1.807) is 12.5 Å². The molecule has 0 unspecified atom stereocenters. The Morgan fingerprint density at radius 3 is 3.12 bits per heavy atom. The average Bonchev–Trinajstić information content (AvgIpc) is 2.86. The van der Waals surface area contributed by atoms with Gasteiger partial charge in [-0.1, -0.05) is 12.1 Å². The maximum Gasteiger partial charge on any atom is 0.115 e. The number of H-pyrrole nitrogens is 1. The standard InChI is InChI=1S/C12H11N5/c1-2-9-6-16-17-12(9)11(3-1)14-7-10-4-5-13-8-15-10/h1-6,8,14H,7H2,(H,16,17). The van der Waals surface area contributed by atoms with Crippen molar-refractivity contribution in [2.24, 2.45) is 0 Å². The van der Waals surface area contributed by atoms with Crippen LogP contribution in [0, 0.1) is 0 Å². The minimum atomic E-state index is 0.667. The summed E-state index contributed by atoms with van der Waals surface area (Å²) in [6.07, 6.45) is 5.10. The van der Waals surface area contributed by atoms with E-state index in [1.807, 2.05) is 30.5 Å². The Morgan fingerprint density at radius 1 is 1.24 bits per heavy atom. The van der Waals surface area contributed by atoms with Crippen molar-refractivity contribution in [3.8, 4) is 0 Å². The molecule has 0 radical (unpaired) electrons. The molecule has 5 nitrogen and oxygen atoms in total. The molecule has 0 saturated heterocycles. The number of benzene rings is 1. The van der Waals surface area contributed by atoms with E-state index >= 15 is 0 Å². The summed E-state index contributed by atoms with van der Waals surface area (Å²) >= 11 is 0. The molecule has 0 atom stereocenters. The predicted molar refractivity (Wildman–Crippen MR) is 65.5 cm³/mol. The Labute approximate surface area is 97.9 Å². The number of nitrogens with one attached hydrogen (secondary N) is 2. The number of fused-ring (bicyclic) bond motifs is 1. The summed E-state index contributed by atoms with van der Waals surface area (Å²) in [6, 6.07) is 7.93. The highest BCUT2D eigenvalue weighted by atomic mass is 15.1. The third-order valence-corrected chi connectivity index (χ3v) is 2.58. The Hall–Kier alpha value is -2.43. The topological polar surface area (TPSA) is 66.5 Å². The zero-order valence-electron chi connectivity index (χ0n) is 9.09. The highest BCUT2D eigenvalue weighted by Gasteiger charge is 2.02. The molecule has 3 rings (SSSR count). The Morgan fingerprint density at radius 2 is 2.24 bits per heavy atom. The van der Waals surface area contributed by atoms with Crippen molar-refractivity contribution in [2.45, 2.75) is 6.54 Å². The van der Waals surface area contributed by atoms with Gasteiger partial charge in [0, 0.05) is 11.6 Å². The fourth-order valence-corrected chi connectivity index (χ4v) is 1.72. The summed E-state index contributed by atoms with van der Waals surface area (Å²) in [5, 5.41) is 11.4. The highest BCUT2D eigenvalue weighted by Crippen LogP contribution is 2.20. The molecule has 3 aromatic rings. The third kappa shape index (κ3) is 1.94. The van der Waals surface area contributed by atoms with E-state index in [1.165, 1.54) is 0 Å². The van der Waals surface area contributed by atoms with Gasteiger partial charge in [-0.15, -0.1) is 0 Å². The maximum absolute atomic E-state index is 4.16. The van der Waals surface area contributed by atoms with E-state index in [4.69, 9.17) is 0 Å². The molecular weight excluding hydrogens is 214 g/mol. The van der Waals surface area contributed by atoms with Crippen LogP contribution in [0.1, 0.15) is 5.69 Å². The van der Waals surface area contributed by atoms with Crippen LogP contribution in [0.4, 0.5) is 5.69 Å². The molecule has 17 heavy (non-hydrogen) atoms. The van der Waals surface area contributed by atoms with Crippen molar-refractivity contribution in [2.75, 3.05) is 5.32 Å². The molecule has 0 aliphatic carbocycles. The van der Waals surface area contributed by atoms with E-state index in [0.717, 1.165) is 22.3 Å². The van der Waals surface area contributed by atoms with E-state index in [-0.39, 0.29) is 0 Å². The van der Waals surface area contributed by atoms with Crippen LogP contribution in [-0.2, 0) is 6.54 Å². The molecule has 0 bridgehead atoms. The van der Waals surface area contributed by atoms with Crippen LogP contribution in [0.2, 0.25) is 0 Å². The first-order chi connectivity index (χ1) is 8.43. The fourth-order valence-electron chi connectivity index (χ4n) is 1.72. The van der Waals surface area contributed by atoms with E-state index in [2.05, 4.69) is 25.5 Å². The largest absolute Gasteiger partial charge is 0.378 e. The predicted octanol–water partition coefficient (Wildman–Crippen LogP) is 1.96. The molecule has 0 spiro atoms. The number of nitrogens with zero attached hydrogens (tertiary/aromatic N) is 3. The minimum absolute atomic E-state index is 0.667. The second kappa shape index (κ2) is 4.21. The molecule has 0 aliphatic rings. The van der Waals surface area contributed by atoms with Gasteiger partial charge in [-0.05, 0) is 12.1 Å². The molecule has 1 aromatic carbocycles. The SMILES string of the molecule is c1cc(NCc2ccncn2)c2[nH]ncc2c1. The van der Waals surface area contributed by atoms with Crippen molar-refractivity contribution in [1.82, 2.24) is 20.2 Å². The Bertz CT molecular complexity index is 617. The van der Waals surface area contributed by atoms with Gasteiger partial charge < -0.3 is 5.32 Å². The summed E-state index contributed by atoms with van der Waals surface area (Å²) in [7, 11) is 0. The van der Waals surface area contributed by atoms with Gasteiger partial charge in [-0.25, -0.2) is 9.97 Å². The van der Waals surface area contributed by atoms with Gasteiger partial charge >= 0.3 is 0 Å². The van der Waals surface area contributed by atoms with Gasteiger partial charge in [0.2, 0.25) is 0 Å². The van der Waals surface area contributed by atoms with E-state index < -0.39 is 0 Å². The monoisotopic (exact) mass is 225 g/mol. The van der Waals surface area contributed by atoms with Crippen LogP contribution in [0.3, 0.4) is 0 Å². The Balaban J connectivity index is 1.84. The van der Waals surface area contributed by atoms with Gasteiger partial charge in [0.25, 0.3) is 0 Å². The molecule has 2 heterocycles. The quantitative estimate of drug-likeness (QED) is 0.715. The van der Waals surface area contributed by atoms with Crippen LogP contribution < -0.4 is 5.32 Å². The molecular formula is C12H11N5. The number of aromatic nitrogens is 4. The lowest BCUT2D eigenvalue weighted by Gasteiger charge is -2.06. The number of para-hydroxylation sites is 1. The van der Waals surface area contributed by atoms with E-state index in [0.29, 0.717) is 6.54 Å². The number of hydrogen-bond donors (Lipinski definition) is 2. The average molecular weight is 225 g/mol. The molecule has 0 fully saturated rings. The summed E-state index contributed by atoms with van der Waals surface area (Å²) in [5.74, 6) is 0. The zero-order valence-corrected chi connectivity index (χ0v) is 9.09. The first-order valence-corrected chi connectivity index (χ1v) is 5.34. The molecule has 0 amide bonds. The summed E-state index contributed by atoms with van der Waals surface area (Å²) in [6.45, 7) is 0.667. The maximum atomic E-state index is 4.16. The van der Waals surface area contributed by atoms with E-state index in [9.17, 15) is 0 Å². The molecule has 2 aromatic heterocycles. The summed E-state index contributed by atoms with van der Waals surface area (Å²) in [5.41, 5.74) is 3.00. The first-order valence-electron chi connectivity index (χ1n) is 5.34. The normalized spacial score (nSPS) is 10.6. The number of rotatable bonds is 3. The summed E-state index contributed by atoms with van der Waals surface area (Å²) in [4.78, 5) is 8.05. The number of hydrogen-bond acceptors (Lipinski definition) is 4. The van der Waals surface area contributed by atoms with Crippen molar-refractivity contribution in [3.05, 3.63) is 48.7 Å². The number of aromatic amines is 1. The third-order valence-electron chi connectivity index (χ3n) is 2.58. The van der Waals surface area contributed by atoms with Gasteiger partial charge in [0.05, 0.1) is 29.6 Å². The Kier molecular flexibility index (Phi) is 2.42. The van der Waals surface area contributed by atoms with Crippen LogP contribution in [0.15, 0.2) is 43.0 Å². The highest BCUT2D eigenvalue weighted by molar-refractivity contribution is 5.89. The molecule has 2 N–H and O–H groups in total. The summed E-state index contributed by atoms with van der Waals surface area (Å²) < 4.78 is 0. The van der Waals surface area contributed by atoms with Crippen molar-refractivity contribution in [1.29, 1.82) is 0 Å². The molecule has 0 aliphatic heterocycles. The lowest BCUT2D eigenvalue weighted by atomic mass is 10.2. The molecule has 5 heteroatoms. The lowest BCUT2D eigenvalue weighted by molar-refractivity contribution is 1.01. The number of anilines is 1. The van der Waals surface area contributed by atoms with Crippen LogP contribution in [-0.4, -0.2) is 20.2 Å². The van der Waals surface area contributed by atoms with Crippen LogP contribution in [0.25, 0.3) is 10.9 Å². The van der Waals surface area contributed by atoms with Crippen LogP contribution in [0.5, 0.6) is 0 Å². The van der Waals surface area contributed by atoms with Crippen molar-refractivity contribution in [3.63, 3.8) is 0 Å². The van der Waals surface area contributed by atoms with Crippen molar-refractivity contribution < 1.29 is 0 Å². The lowest BCUT2D eigenvalue weighted by Crippen LogP contribution is -2.01. The van der Waals surface area contributed by atoms with Crippen molar-refractivity contribution >= 4 is 16.6 Å². The van der Waals surface area contributed by atoms with Gasteiger partial charge in [0.15, 0.2) is 0 Å². The first kappa shape index (κ1) is 9.77. The minimum Gasteiger partial charge on any atom is -0.378 e. The second-order valence-corrected chi connectivity index (χ2v) is 3.69. The fraction of sp³-hybridized carbons (Fsp3) is 0.0833. The smallest absolute Gasteiger partial charge is 0.115 e. The zero-order chi connectivity index (χ0) is 11.5. The van der Waals surface area contributed by atoms with Gasteiger partial charge in [-0.3, -0.25) is 5.10 Å². The second-order valence-electron chi connectivity index (χ2n) is 3.69.